The van der Waals surface area contributed by atoms with Gasteiger partial charge in [-0.05, 0) is 35.4 Å². The van der Waals surface area contributed by atoms with Crippen molar-refractivity contribution in [3.63, 3.8) is 0 Å². The van der Waals surface area contributed by atoms with Crippen molar-refractivity contribution in [2.24, 2.45) is 0 Å². The van der Waals surface area contributed by atoms with E-state index >= 15 is 0 Å². The molecule has 1 aromatic heterocycles. The third kappa shape index (κ3) is 6.75. The van der Waals surface area contributed by atoms with Crippen LogP contribution in [0.3, 0.4) is 0 Å². The summed E-state index contributed by atoms with van der Waals surface area (Å²) in [5, 5.41) is 2.78. The lowest BCUT2D eigenvalue weighted by molar-refractivity contribution is -0.141. The molecule has 2 aromatic carbocycles. The maximum absolute atomic E-state index is 13.4. The Balaban J connectivity index is 1.97. The molecule has 3 aromatic rings. The lowest BCUT2D eigenvalue weighted by Crippen LogP contribution is -2.47. The van der Waals surface area contributed by atoms with Crippen molar-refractivity contribution in [2.75, 3.05) is 19.8 Å². The second-order valence-electron chi connectivity index (χ2n) is 7.78. The summed E-state index contributed by atoms with van der Waals surface area (Å²) in [6.45, 7) is -0.393. The Kier molecular flexibility index (Phi) is 8.19. The molecule has 8 nitrogen and oxygen atoms in total. The van der Waals surface area contributed by atoms with E-state index in [9.17, 15) is 22.4 Å². The van der Waals surface area contributed by atoms with Gasteiger partial charge in [0.15, 0.2) is 0 Å². The molecule has 1 N–H and O–H groups in total. The van der Waals surface area contributed by atoms with Gasteiger partial charge in [-0.1, -0.05) is 42.5 Å². The number of hydrogen-bond acceptors (Lipinski definition) is 5. The normalized spacial score (nSPS) is 12.4. The van der Waals surface area contributed by atoms with Gasteiger partial charge in [0, 0.05) is 13.6 Å². The highest BCUT2D eigenvalue weighted by atomic mass is 32.2. The molecule has 1 atom stereocenters. The number of rotatable bonds is 10. The van der Waals surface area contributed by atoms with Crippen molar-refractivity contribution >= 4 is 21.8 Å². The van der Waals surface area contributed by atoms with Crippen LogP contribution in [0.25, 0.3) is 0 Å². The van der Waals surface area contributed by atoms with E-state index in [2.05, 4.69) is 5.32 Å². The summed E-state index contributed by atoms with van der Waals surface area (Å²) in [7, 11) is -2.35. The summed E-state index contributed by atoms with van der Waals surface area (Å²) < 4.78 is 43.5. The molecule has 34 heavy (non-hydrogen) atoms. The third-order valence-electron chi connectivity index (χ3n) is 5.20. The lowest BCUT2D eigenvalue weighted by atomic mass is 10.0. The summed E-state index contributed by atoms with van der Waals surface area (Å²) in [6, 6.07) is 16.6. The first kappa shape index (κ1) is 25.1. The minimum absolute atomic E-state index is 0.0373. The molecule has 0 bridgehead atoms. The van der Waals surface area contributed by atoms with E-state index in [-0.39, 0.29) is 13.1 Å². The van der Waals surface area contributed by atoms with E-state index in [1.54, 1.807) is 42.5 Å². The molecule has 10 heteroatoms. The highest BCUT2D eigenvalue weighted by molar-refractivity contribution is 7.88. The lowest BCUT2D eigenvalue weighted by Gasteiger charge is -2.32. The van der Waals surface area contributed by atoms with Gasteiger partial charge < -0.3 is 14.6 Å². The van der Waals surface area contributed by atoms with Gasteiger partial charge in [0.2, 0.25) is 21.8 Å². The first-order valence-electron chi connectivity index (χ1n) is 10.5. The first-order valence-corrected chi connectivity index (χ1v) is 12.3. The number of carbonyl (C=O) groups is 2. The van der Waals surface area contributed by atoms with E-state index in [4.69, 9.17) is 4.42 Å². The van der Waals surface area contributed by atoms with Crippen molar-refractivity contribution in [3.05, 3.63) is 95.7 Å². The zero-order chi connectivity index (χ0) is 24.7. The number of likely N-dealkylation sites (N-methyl/N-ethyl adjacent to an activating group) is 1. The molecule has 180 valence electrons. The Labute approximate surface area is 198 Å². The summed E-state index contributed by atoms with van der Waals surface area (Å²) >= 11 is 0. The summed E-state index contributed by atoms with van der Waals surface area (Å²) in [5.74, 6) is -0.957. The van der Waals surface area contributed by atoms with Crippen LogP contribution < -0.4 is 5.32 Å². The fourth-order valence-electron chi connectivity index (χ4n) is 3.30. The Hall–Kier alpha value is -3.50. The van der Waals surface area contributed by atoms with E-state index < -0.39 is 40.2 Å². The highest BCUT2D eigenvalue weighted by Gasteiger charge is 2.33. The molecule has 0 fully saturated rings. The Morgan fingerprint density at radius 3 is 2.29 bits per heavy atom. The van der Waals surface area contributed by atoms with Crippen LogP contribution in [0.5, 0.6) is 0 Å². The Bertz CT molecular complexity index is 1200. The van der Waals surface area contributed by atoms with Gasteiger partial charge in [0.05, 0.1) is 25.6 Å². The van der Waals surface area contributed by atoms with E-state index in [1.807, 2.05) is 0 Å². The van der Waals surface area contributed by atoms with Crippen LogP contribution in [0.4, 0.5) is 4.39 Å². The molecular formula is C24H26FN3O5S. The molecule has 0 spiro atoms. The molecular weight excluding hydrogens is 461 g/mol. The molecule has 1 heterocycles. The quantitative estimate of drug-likeness (QED) is 0.474. The Morgan fingerprint density at radius 2 is 1.71 bits per heavy atom. The predicted molar refractivity (Wildman–Crippen MR) is 124 cm³/mol. The minimum Gasteiger partial charge on any atom is -0.467 e. The zero-order valence-electron chi connectivity index (χ0n) is 18.8. The topological polar surface area (TPSA) is 99.9 Å². The van der Waals surface area contributed by atoms with Gasteiger partial charge in [-0.3, -0.25) is 9.59 Å². The van der Waals surface area contributed by atoms with Crippen molar-refractivity contribution < 1.29 is 26.8 Å². The highest BCUT2D eigenvalue weighted by Crippen LogP contribution is 2.24. The number of furan rings is 1. The van der Waals surface area contributed by atoms with Crippen LogP contribution in [-0.4, -0.2) is 49.3 Å². The predicted octanol–water partition coefficient (Wildman–Crippen LogP) is 2.70. The number of hydrogen-bond donors (Lipinski definition) is 1. The van der Waals surface area contributed by atoms with Gasteiger partial charge in [0.25, 0.3) is 0 Å². The number of sulfonamides is 1. The monoisotopic (exact) mass is 487 g/mol. The van der Waals surface area contributed by atoms with Crippen molar-refractivity contribution in [2.45, 2.75) is 19.1 Å². The summed E-state index contributed by atoms with van der Waals surface area (Å²) in [6.07, 6.45) is 2.48. The number of carbonyl (C=O) groups excluding carboxylic acids is 2. The van der Waals surface area contributed by atoms with Crippen molar-refractivity contribution in [3.8, 4) is 0 Å². The average Bonchev–Trinajstić information content (AvgIpc) is 3.32. The molecule has 0 saturated heterocycles. The minimum atomic E-state index is -3.64. The number of benzene rings is 2. The fourth-order valence-corrected chi connectivity index (χ4v) is 3.65. The molecule has 0 aliphatic heterocycles. The van der Waals surface area contributed by atoms with E-state index in [1.165, 1.54) is 42.5 Å². The summed E-state index contributed by atoms with van der Waals surface area (Å²) in [4.78, 5) is 28.0. The smallest absolute Gasteiger partial charge is 0.247 e. The first-order chi connectivity index (χ1) is 16.1. The van der Waals surface area contributed by atoms with Gasteiger partial charge >= 0.3 is 0 Å². The van der Waals surface area contributed by atoms with Gasteiger partial charge in [-0.2, -0.15) is 4.31 Å². The van der Waals surface area contributed by atoms with Crippen LogP contribution in [-0.2, 0) is 32.7 Å². The number of nitrogens with zero attached hydrogens (tertiary/aromatic N) is 2. The molecule has 3 rings (SSSR count). The second kappa shape index (κ2) is 11.1. The maximum atomic E-state index is 13.4. The molecule has 0 saturated carbocycles. The van der Waals surface area contributed by atoms with Crippen LogP contribution >= 0.6 is 0 Å². The van der Waals surface area contributed by atoms with Crippen LogP contribution in [0.15, 0.2) is 77.4 Å². The average molecular weight is 488 g/mol. The summed E-state index contributed by atoms with van der Waals surface area (Å²) in [5.41, 5.74) is 1.12. The standard InChI is InChI=1S/C24H26FN3O5S/c1-27(34(2,31)32)17-22(29)28(16-18-10-12-20(25)13-11-18)23(19-7-4-3-5-8-19)24(30)26-15-21-9-6-14-33-21/h3-14,23H,15-17H2,1-2H3,(H,26,30)/t23-/m1/s1. The third-order valence-corrected chi connectivity index (χ3v) is 6.46. The van der Waals surface area contributed by atoms with Gasteiger partial charge in [0.1, 0.15) is 17.6 Å². The molecule has 0 aliphatic carbocycles. The number of amides is 2. The van der Waals surface area contributed by atoms with Crippen molar-refractivity contribution in [1.29, 1.82) is 0 Å². The largest absolute Gasteiger partial charge is 0.467 e. The van der Waals surface area contributed by atoms with E-state index in [0.29, 0.717) is 16.9 Å². The second-order valence-corrected chi connectivity index (χ2v) is 9.87. The molecule has 0 radical (unpaired) electrons. The number of halogens is 1. The van der Waals surface area contributed by atoms with Gasteiger partial charge in [-0.25, -0.2) is 12.8 Å². The molecule has 0 aliphatic rings. The van der Waals surface area contributed by atoms with Crippen LogP contribution in [0.2, 0.25) is 0 Å². The Morgan fingerprint density at radius 1 is 1.03 bits per heavy atom. The van der Waals surface area contributed by atoms with Gasteiger partial charge in [-0.15, -0.1) is 0 Å². The van der Waals surface area contributed by atoms with Crippen LogP contribution in [0.1, 0.15) is 22.9 Å². The molecule has 0 unspecified atom stereocenters. The van der Waals surface area contributed by atoms with Crippen molar-refractivity contribution in [1.82, 2.24) is 14.5 Å². The SMILES string of the molecule is CN(CC(=O)N(Cc1ccc(F)cc1)[C@@H](C(=O)NCc1ccco1)c1ccccc1)S(C)(=O)=O. The number of nitrogens with one attached hydrogen (secondary N) is 1. The fraction of sp³-hybridized carbons (Fsp3) is 0.250. The van der Waals surface area contributed by atoms with Crippen LogP contribution in [0, 0.1) is 5.82 Å². The molecule has 2 amide bonds. The van der Waals surface area contributed by atoms with E-state index in [0.717, 1.165) is 10.6 Å². The zero-order valence-corrected chi connectivity index (χ0v) is 19.7. The maximum Gasteiger partial charge on any atom is 0.247 e.